The third-order valence-electron chi connectivity index (χ3n) is 2.65. The molecular formula is C13H16N4OS. The van der Waals surface area contributed by atoms with Crippen LogP contribution in [0.2, 0.25) is 0 Å². The molecule has 0 saturated heterocycles. The number of carbonyl (C=O) groups is 1. The summed E-state index contributed by atoms with van der Waals surface area (Å²) < 4.78 is 0. The molecule has 0 saturated carbocycles. The summed E-state index contributed by atoms with van der Waals surface area (Å²) in [5, 5.41) is 7.15. The van der Waals surface area contributed by atoms with Crippen molar-refractivity contribution in [3.05, 3.63) is 17.1 Å². The predicted octanol–water partition coefficient (Wildman–Crippen LogP) is 3.00. The van der Waals surface area contributed by atoms with Gasteiger partial charge in [-0.1, -0.05) is 6.92 Å². The van der Waals surface area contributed by atoms with Crippen LogP contribution in [0.5, 0.6) is 0 Å². The number of nitrogens with zero attached hydrogens (tertiary/aromatic N) is 2. The second-order valence-electron chi connectivity index (χ2n) is 3.93. The van der Waals surface area contributed by atoms with Gasteiger partial charge in [-0.3, -0.25) is 9.79 Å². The number of aromatic nitrogens is 1. The minimum Gasteiger partial charge on any atom is -0.387 e. The molecule has 100 valence electrons. The Morgan fingerprint density at radius 3 is 3.05 bits per heavy atom. The molecule has 6 heteroatoms. The van der Waals surface area contributed by atoms with Gasteiger partial charge in [0.05, 0.1) is 22.3 Å². The molecule has 5 nitrogen and oxygen atoms in total. The summed E-state index contributed by atoms with van der Waals surface area (Å²) in [7, 11) is 1.85. The van der Waals surface area contributed by atoms with E-state index in [1.165, 1.54) is 11.3 Å². The number of anilines is 2. The Balaban J connectivity index is 2.46. The van der Waals surface area contributed by atoms with Gasteiger partial charge in [0.25, 0.3) is 0 Å². The van der Waals surface area contributed by atoms with Crippen molar-refractivity contribution < 1.29 is 4.79 Å². The van der Waals surface area contributed by atoms with Crippen molar-refractivity contribution in [3.63, 3.8) is 0 Å². The van der Waals surface area contributed by atoms with E-state index in [4.69, 9.17) is 0 Å². The van der Waals surface area contributed by atoms with E-state index in [1.54, 1.807) is 12.5 Å². The molecule has 0 aliphatic carbocycles. The Morgan fingerprint density at radius 2 is 2.37 bits per heavy atom. The molecule has 2 aromatic rings. The van der Waals surface area contributed by atoms with Crippen LogP contribution in [0, 0.1) is 0 Å². The SMILES string of the molecule is CCCN=CNc1c(C=O)sc2nccc(NC)c12. The lowest BCUT2D eigenvalue weighted by atomic mass is 10.2. The molecule has 19 heavy (non-hydrogen) atoms. The molecule has 0 radical (unpaired) electrons. The van der Waals surface area contributed by atoms with Crippen molar-refractivity contribution in [1.29, 1.82) is 0 Å². The largest absolute Gasteiger partial charge is 0.387 e. The van der Waals surface area contributed by atoms with Crippen molar-refractivity contribution in [1.82, 2.24) is 4.98 Å². The van der Waals surface area contributed by atoms with Crippen molar-refractivity contribution in [2.24, 2.45) is 4.99 Å². The third kappa shape index (κ3) is 2.73. The summed E-state index contributed by atoms with van der Waals surface area (Å²) >= 11 is 1.37. The lowest BCUT2D eigenvalue weighted by Crippen LogP contribution is -1.99. The molecule has 2 N–H and O–H groups in total. The van der Waals surface area contributed by atoms with E-state index in [0.717, 1.165) is 40.8 Å². The highest BCUT2D eigenvalue weighted by Gasteiger charge is 2.14. The van der Waals surface area contributed by atoms with Gasteiger partial charge >= 0.3 is 0 Å². The highest BCUT2D eigenvalue weighted by atomic mass is 32.1. The molecule has 0 aliphatic heterocycles. The molecule has 0 amide bonds. The highest BCUT2D eigenvalue weighted by molar-refractivity contribution is 7.21. The summed E-state index contributed by atoms with van der Waals surface area (Å²) in [6, 6.07) is 1.89. The van der Waals surface area contributed by atoms with Crippen LogP contribution in [0.15, 0.2) is 17.3 Å². The van der Waals surface area contributed by atoms with E-state index in [9.17, 15) is 4.79 Å². The fourth-order valence-corrected chi connectivity index (χ4v) is 2.73. The van der Waals surface area contributed by atoms with E-state index >= 15 is 0 Å². The zero-order valence-electron chi connectivity index (χ0n) is 10.9. The van der Waals surface area contributed by atoms with Gasteiger partial charge in [0.15, 0.2) is 6.29 Å². The summed E-state index contributed by atoms with van der Waals surface area (Å²) in [5.74, 6) is 0. The van der Waals surface area contributed by atoms with Crippen LogP contribution in [-0.4, -0.2) is 31.2 Å². The fraction of sp³-hybridized carbons (Fsp3) is 0.308. The molecule has 0 bridgehead atoms. The third-order valence-corrected chi connectivity index (χ3v) is 3.67. The van der Waals surface area contributed by atoms with E-state index in [1.807, 2.05) is 13.1 Å². The normalized spacial score (nSPS) is 11.1. The van der Waals surface area contributed by atoms with Gasteiger partial charge in [-0.05, 0) is 12.5 Å². The molecule has 0 spiro atoms. The van der Waals surface area contributed by atoms with E-state index < -0.39 is 0 Å². The number of aldehydes is 1. The maximum atomic E-state index is 11.2. The van der Waals surface area contributed by atoms with Gasteiger partial charge in [0, 0.05) is 25.5 Å². The van der Waals surface area contributed by atoms with Crippen molar-refractivity contribution in [2.75, 3.05) is 24.2 Å². The Morgan fingerprint density at radius 1 is 1.53 bits per heavy atom. The van der Waals surface area contributed by atoms with Gasteiger partial charge in [0.1, 0.15) is 4.83 Å². The summed E-state index contributed by atoms with van der Waals surface area (Å²) in [6.45, 7) is 2.83. The maximum absolute atomic E-state index is 11.2. The summed E-state index contributed by atoms with van der Waals surface area (Å²) in [6.07, 6.45) is 5.22. The summed E-state index contributed by atoms with van der Waals surface area (Å²) in [5.41, 5.74) is 1.72. The average molecular weight is 276 g/mol. The second-order valence-corrected chi connectivity index (χ2v) is 4.96. The fourth-order valence-electron chi connectivity index (χ4n) is 1.78. The molecular weight excluding hydrogens is 260 g/mol. The van der Waals surface area contributed by atoms with Crippen molar-refractivity contribution in [3.8, 4) is 0 Å². The zero-order chi connectivity index (χ0) is 13.7. The molecule has 0 aromatic carbocycles. The maximum Gasteiger partial charge on any atom is 0.162 e. The number of thiophene rings is 1. The van der Waals surface area contributed by atoms with Crippen LogP contribution in [0.4, 0.5) is 11.4 Å². The molecule has 0 fully saturated rings. The average Bonchev–Trinajstić information content (AvgIpc) is 2.81. The standard InChI is InChI=1S/C13H16N4OS/c1-3-5-15-8-17-12-10(7-18)19-13-11(12)9(14-2)4-6-16-13/h4,6-8H,3,5H2,1-2H3,(H,14,16)(H,15,17). The minimum atomic E-state index is 0.633. The molecule has 2 heterocycles. The number of aliphatic imine (C=N–C) groups is 1. The first kappa shape index (κ1) is 13.5. The van der Waals surface area contributed by atoms with Crippen LogP contribution >= 0.6 is 11.3 Å². The zero-order valence-corrected chi connectivity index (χ0v) is 11.8. The Kier molecular flexibility index (Phi) is 4.46. The first-order valence-electron chi connectivity index (χ1n) is 6.11. The van der Waals surface area contributed by atoms with Crippen molar-refractivity contribution in [2.45, 2.75) is 13.3 Å². The Hall–Kier alpha value is -1.95. The predicted molar refractivity (Wildman–Crippen MR) is 81.8 cm³/mol. The number of pyridine rings is 1. The van der Waals surface area contributed by atoms with Crippen molar-refractivity contribution >= 4 is 45.6 Å². The van der Waals surface area contributed by atoms with Crippen LogP contribution in [-0.2, 0) is 0 Å². The van der Waals surface area contributed by atoms with Crippen LogP contribution in [0.25, 0.3) is 10.2 Å². The Labute approximate surface area is 115 Å². The molecule has 2 aromatic heterocycles. The first-order chi connectivity index (χ1) is 9.31. The number of carbonyl (C=O) groups excluding carboxylic acids is 1. The number of fused-ring (bicyclic) bond motifs is 1. The van der Waals surface area contributed by atoms with Crippen LogP contribution in [0.3, 0.4) is 0 Å². The van der Waals surface area contributed by atoms with E-state index in [-0.39, 0.29) is 0 Å². The molecule has 0 unspecified atom stereocenters. The highest BCUT2D eigenvalue weighted by Crippen LogP contribution is 2.37. The number of rotatable bonds is 6. The van der Waals surface area contributed by atoms with E-state index in [0.29, 0.717) is 4.88 Å². The second kappa shape index (κ2) is 6.29. The lowest BCUT2D eigenvalue weighted by molar-refractivity contribution is 0.112. The molecule has 0 aliphatic rings. The first-order valence-corrected chi connectivity index (χ1v) is 6.92. The van der Waals surface area contributed by atoms with Crippen LogP contribution < -0.4 is 10.6 Å². The topological polar surface area (TPSA) is 66.4 Å². The summed E-state index contributed by atoms with van der Waals surface area (Å²) in [4.78, 5) is 21.1. The van der Waals surface area contributed by atoms with Gasteiger partial charge in [0.2, 0.25) is 0 Å². The monoisotopic (exact) mass is 276 g/mol. The minimum absolute atomic E-state index is 0.633. The quantitative estimate of drug-likeness (QED) is 0.483. The van der Waals surface area contributed by atoms with Gasteiger partial charge in [-0.25, -0.2) is 4.98 Å². The van der Waals surface area contributed by atoms with E-state index in [2.05, 4.69) is 27.5 Å². The number of nitrogens with one attached hydrogen (secondary N) is 2. The van der Waals surface area contributed by atoms with Gasteiger partial charge < -0.3 is 10.6 Å². The molecule has 0 atom stereocenters. The lowest BCUT2D eigenvalue weighted by Gasteiger charge is -2.05. The molecule has 2 rings (SSSR count). The van der Waals surface area contributed by atoms with Gasteiger partial charge in [-0.2, -0.15) is 0 Å². The number of hydrogen-bond donors (Lipinski definition) is 2. The Bertz CT molecular complexity index is 606. The number of hydrogen-bond acceptors (Lipinski definition) is 5. The van der Waals surface area contributed by atoms with Gasteiger partial charge in [-0.15, -0.1) is 11.3 Å². The smallest absolute Gasteiger partial charge is 0.162 e. The van der Waals surface area contributed by atoms with Crippen LogP contribution in [0.1, 0.15) is 23.0 Å².